The summed E-state index contributed by atoms with van der Waals surface area (Å²) in [6, 6.07) is 3.06. The maximum Gasteiger partial charge on any atom is 0.287 e. The Balaban J connectivity index is 2.51. The van der Waals surface area contributed by atoms with Crippen molar-refractivity contribution < 1.29 is 4.92 Å². The van der Waals surface area contributed by atoms with Gasteiger partial charge in [0.05, 0.1) is 4.92 Å². The predicted molar refractivity (Wildman–Crippen MR) is 54.3 cm³/mol. The molecule has 0 aliphatic rings. The van der Waals surface area contributed by atoms with Crippen LogP contribution in [0.15, 0.2) is 18.3 Å². The van der Waals surface area contributed by atoms with E-state index in [1.165, 1.54) is 12.3 Å². The molecule has 0 aliphatic heterocycles. The quantitative estimate of drug-likeness (QED) is 0.444. The van der Waals surface area contributed by atoms with Crippen LogP contribution in [0.2, 0.25) is 0 Å². The second kappa shape index (κ2) is 5.16. The minimum Gasteiger partial charge on any atom is -0.370 e. The summed E-state index contributed by atoms with van der Waals surface area (Å²) in [7, 11) is 0. The largest absolute Gasteiger partial charge is 0.370 e. The Morgan fingerprint density at radius 3 is 2.86 bits per heavy atom. The van der Waals surface area contributed by atoms with E-state index in [1.807, 2.05) is 0 Å². The molecular weight excluding hydrogens is 182 g/mol. The van der Waals surface area contributed by atoms with Gasteiger partial charge in [0, 0.05) is 12.6 Å². The molecule has 1 N–H and O–H groups in total. The molecule has 5 nitrogen and oxygen atoms in total. The predicted octanol–water partition coefficient (Wildman–Crippen LogP) is 2.20. The third kappa shape index (κ3) is 3.01. The van der Waals surface area contributed by atoms with E-state index in [-0.39, 0.29) is 5.69 Å². The summed E-state index contributed by atoms with van der Waals surface area (Å²) in [6.07, 6.45) is 3.44. The first-order valence-corrected chi connectivity index (χ1v) is 4.58. The number of pyridine rings is 1. The van der Waals surface area contributed by atoms with E-state index < -0.39 is 4.92 Å². The average Bonchev–Trinajstić information content (AvgIpc) is 2.19. The Kier molecular flexibility index (Phi) is 3.84. The molecular formula is C9H13N3O2. The van der Waals surface area contributed by atoms with E-state index in [0.717, 1.165) is 19.4 Å². The molecule has 0 fully saturated rings. The van der Waals surface area contributed by atoms with Gasteiger partial charge in [-0.15, -0.1) is 0 Å². The second-order valence-corrected chi connectivity index (χ2v) is 2.94. The number of nitrogens with one attached hydrogen (secondary N) is 1. The molecule has 76 valence electrons. The Bertz CT molecular complexity index is 297. The molecule has 1 aromatic heterocycles. The fraction of sp³-hybridized carbons (Fsp3) is 0.444. The molecule has 0 aliphatic carbocycles. The molecule has 1 heterocycles. The van der Waals surface area contributed by atoms with Crippen molar-refractivity contribution in [3.63, 3.8) is 0 Å². The number of aromatic nitrogens is 1. The van der Waals surface area contributed by atoms with Crippen molar-refractivity contribution in [1.82, 2.24) is 4.98 Å². The molecule has 0 saturated carbocycles. The number of rotatable bonds is 5. The van der Waals surface area contributed by atoms with Crippen LogP contribution in [-0.4, -0.2) is 16.5 Å². The molecule has 0 saturated heterocycles. The lowest BCUT2D eigenvalue weighted by atomic mass is 10.3. The number of nitro groups is 1. The van der Waals surface area contributed by atoms with Gasteiger partial charge in [-0.05, 0) is 12.5 Å². The fourth-order valence-corrected chi connectivity index (χ4v) is 0.992. The van der Waals surface area contributed by atoms with Gasteiger partial charge >= 0.3 is 0 Å². The van der Waals surface area contributed by atoms with Gasteiger partial charge < -0.3 is 5.32 Å². The average molecular weight is 195 g/mol. The number of unbranched alkanes of at least 4 members (excludes halogenated alkanes) is 1. The van der Waals surface area contributed by atoms with E-state index in [0.29, 0.717) is 5.82 Å². The van der Waals surface area contributed by atoms with Crippen molar-refractivity contribution in [2.75, 3.05) is 11.9 Å². The van der Waals surface area contributed by atoms with Gasteiger partial charge in [0.1, 0.15) is 12.0 Å². The fourth-order valence-electron chi connectivity index (χ4n) is 0.992. The van der Waals surface area contributed by atoms with Gasteiger partial charge in [0.15, 0.2) is 0 Å². The smallest absolute Gasteiger partial charge is 0.287 e. The van der Waals surface area contributed by atoms with E-state index in [2.05, 4.69) is 17.2 Å². The molecule has 0 aromatic carbocycles. The van der Waals surface area contributed by atoms with Gasteiger partial charge in [0.25, 0.3) is 5.69 Å². The summed E-state index contributed by atoms with van der Waals surface area (Å²) in [6.45, 7) is 2.95. The zero-order valence-electron chi connectivity index (χ0n) is 8.06. The molecule has 0 atom stereocenters. The van der Waals surface area contributed by atoms with Crippen LogP contribution < -0.4 is 5.32 Å². The highest BCUT2D eigenvalue weighted by atomic mass is 16.6. The van der Waals surface area contributed by atoms with Crippen molar-refractivity contribution in [2.45, 2.75) is 19.8 Å². The van der Waals surface area contributed by atoms with Crippen molar-refractivity contribution in [1.29, 1.82) is 0 Å². The summed E-state index contributed by atoms with van der Waals surface area (Å²) in [4.78, 5) is 13.8. The van der Waals surface area contributed by atoms with Gasteiger partial charge in [-0.2, -0.15) is 0 Å². The maximum absolute atomic E-state index is 10.3. The SMILES string of the molecule is CCCCNc1ccc([N+](=O)[O-])cn1. The second-order valence-electron chi connectivity index (χ2n) is 2.94. The normalized spacial score (nSPS) is 9.79. The first-order chi connectivity index (χ1) is 6.74. The first-order valence-electron chi connectivity index (χ1n) is 4.58. The summed E-state index contributed by atoms with van der Waals surface area (Å²) < 4.78 is 0. The minimum atomic E-state index is -0.456. The summed E-state index contributed by atoms with van der Waals surface area (Å²) in [5.74, 6) is 0.684. The van der Waals surface area contributed by atoms with Gasteiger partial charge in [-0.25, -0.2) is 4.98 Å². The third-order valence-corrected chi connectivity index (χ3v) is 1.80. The molecule has 0 amide bonds. The molecule has 1 rings (SSSR count). The molecule has 0 unspecified atom stereocenters. The van der Waals surface area contributed by atoms with Crippen molar-refractivity contribution in [3.8, 4) is 0 Å². The van der Waals surface area contributed by atoms with Crippen LogP contribution in [0.1, 0.15) is 19.8 Å². The van der Waals surface area contributed by atoms with Crippen LogP contribution in [0.3, 0.4) is 0 Å². The van der Waals surface area contributed by atoms with Crippen LogP contribution >= 0.6 is 0 Å². The highest BCUT2D eigenvalue weighted by molar-refractivity contribution is 5.39. The van der Waals surface area contributed by atoms with E-state index in [9.17, 15) is 10.1 Å². The lowest BCUT2D eigenvalue weighted by Gasteiger charge is -2.02. The zero-order valence-corrected chi connectivity index (χ0v) is 8.06. The van der Waals surface area contributed by atoms with Crippen LogP contribution in [0.4, 0.5) is 11.5 Å². The molecule has 0 spiro atoms. The van der Waals surface area contributed by atoms with Crippen LogP contribution in [0.25, 0.3) is 0 Å². The van der Waals surface area contributed by atoms with E-state index in [4.69, 9.17) is 0 Å². The number of hydrogen-bond acceptors (Lipinski definition) is 4. The van der Waals surface area contributed by atoms with Crippen molar-refractivity contribution >= 4 is 11.5 Å². The molecule has 1 aromatic rings. The van der Waals surface area contributed by atoms with Gasteiger partial charge in [-0.3, -0.25) is 10.1 Å². The van der Waals surface area contributed by atoms with Crippen molar-refractivity contribution in [3.05, 3.63) is 28.4 Å². The molecule has 14 heavy (non-hydrogen) atoms. The molecule has 0 bridgehead atoms. The monoisotopic (exact) mass is 195 g/mol. The van der Waals surface area contributed by atoms with Crippen LogP contribution in [-0.2, 0) is 0 Å². The number of nitrogens with zero attached hydrogens (tertiary/aromatic N) is 2. The molecule has 0 radical (unpaired) electrons. The lowest BCUT2D eigenvalue weighted by molar-refractivity contribution is -0.385. The Morgan fingerprint density at radius 1 is 1.57 bits per heavy atom. The van der Waals surface area contributed by atoms with Gasteiger partial charge in [-0.1, -0.05) is 13.3 Å². The summed E-state index contributed by atoms with van der Waals surface area (Å²) in [5, 5.41) is 13.4. The van der Waals surface area contributed by atoms with E-state index >= 15 is 0 Å². The highest BCUT2D eigenvalue weighted by Crippen LogP contribution is 2.11. The van der Waals surface area contributed by atoms with Gasteiger partial charge in [0.2, 0.25) is 0 Å². The number of anilines is 1. The van der Waals surface area contributed by atoms with Crippen molar-refractivity contribution in [2.24, 2.45) is 0 Å². The molecule has 5 heteroatoms. The van der Waals surface area contributed by atoms with Crippen LogP contribution in [0.5, 0.6) is 0 Å². The third-order valence-electron chi connectivity index (χ3n) is 1.80. The van der Waals surface area contributed by atoms with Crippen LogP contribution in [0, 0.1) is 10.1 Å². The lowest BCUT2D eigenvalue weighted by Crippen LogP contribution is -2.02. The summed E-state index contributed by atoms with van der Waals surface area (Å²) >= 11 is 0. The minimum absolute atomic E-state index is 0.0195. The Morgan fingerprint density at radius 2 is 2.36 bits per heavy atom. The topological polar surface area (TPSA) is 68.1 Å². The number of hydrogen-bond donors (Lipinski definition) is 1. The zero-order chi connectivity index (χ0) is 10.4. The Hall–Kier alpha value is -1.65. The highest BCUT2D eigenvalue weighted by Gasteiger charge is 2.04. The maximum atomic E-state index is 10.3. The first kappa shape index (κ1) is 10.4. The summed E-state index contributed by atoms with van der Waals surface area (Å²) in [5.41, 5.74) is 0.0195. The standard InChI is InChI=1S/C9H13N3O2/c1-2-3-6-10-9-5-4-8(7-11-9)12(13)14/h4-5,7H,2-3,6H2,1H3,(H,10,11). The Labute approximate surface area is 82.3 Å². The van der Waals surface area contributed by atoms with E-state index in [1.54, 1.807) is 6.07 Å².